The Labute approximate surface area is 193 Å². The summed E-state index contributed by atoms with van der Waals surface area (Å²) < 4.78 is 0. The van der Waals surface area contributed by atoms with E-state index in [1.54, 1.807) is 0 Å². The molecule has 29 heavy (non-hydrogen) atoms. The van der Waals surface area contributed by atoms with Gasteiger partial charge >= 0.3 is 0 Å². The van der Waals surface area contributed by atoms with E-state index in [2.05, 4.69) is 34.8 Å². The number of carbonyl (C=O) groups excluding carboxylic acids is 1. The Hall–Kier alpha value is -1.35. The van der Waals surface area contributed by atoms with Crippen molar-refractivity contribution in [3.05, 3.63) is 29.8 Å². The van der Waals surface area contributed by atoms with Gasteiger partial charge in [-0.3, -0.25) is 4.79 Å². The van der Waals surface area contributed by atoms with Crippen LogP contribution in [-0.2, 0) is 11.3 Å². The lowest BCUT2D eigenvalue weighted by Gasteiger charge is -2.20. The second-order valence-corrected chi connectivity index (χ2v) is 7.58. The van der Waals surface area contributed by atoms with Gasteiger partial charge in [0.1, 0.15) is 0 Å². The molecule has 166 valence electrons. The molecule has 1 atom stereocenters. The predicted molar refractivity (Wildman–Crippen MR) is 133 cm³/mol. The number of anilines is 1. The van der Waals surface area contributed by atoms with Gasteiger partial charge in [-0.1, -0.05) is 32.9 Å². The second-order valence-electron chi connectivity index (χ2n) is 7.58. The van der Waals surface area contributed by atoms with E-state index in [1.807, 2.05) is 38.1 Å². The number of rotatable bonds is 12. The minimum Gasteiger partial charge on any atom is -0.396 e. The normalized spacial score (nSPS) is 12.3. The number of amides is 1. The van der Waals surface area contributed by atoms with Gasteiger partial charge in [0.05, 0.1) is 6.54 Å². The Balaban J connectivity index is 0.00000784. The van der Waals surface area contributed by atoms with Crippen LogP contribution in [0.3, 0.4) is 0 Å². The zero-order valence-electron chi connectivity index (χ0n) is 18.3. The standard InChI is InChI=1S/C22H38N4O2.HI/c1-5-8-21(28)26-20-10-7-9-18(14-20)15-24-22(23-6-2)25-16-19(11-12-27)13-17(3)4;/h7,9-10,14,17,19,27H,5-6,8,11-13,15-16H2,1-4H3,(H,26,28)(H2,23,24,25);1H. The van der Waals surface area contributed by atoms with E-state index < -0.39 is 0 Å². The number of aliphatic hydroxyl groups excluding tert-OH is 1. The fraction of sp³-hybridized carbons (Fsp3) is 0.636. The van der Waals surface area contributed by atoms with Crippen LogP contribution in [0.15, 0.2) is 29.3 Å². The van der Waals surface area contributed by atoms with E-state index in [4.69, 9.17) is 0 Å². The molecule has 1 amide bonds. The number of benzene rings is 1. The van der Waals surface area contributed by atoms with E-state index in [-0.39, 0.29) is 36.5 Å². The van der Waals surface area contributed by atoms with Crippen molar-refractivity contribution in [2.45, 2.75) is 59.9 Å². The Morgan fingerprint density at radius 3 is 2.59 bits per heavy atom. The third-order valence-electron chi connectivity index (χ3n) is 4.35. The van der Waals surface area contributed by atoms with Crippen molar-refractivity contribution in [2.75, 3.05) is 25.0 Å². The van der Waals surface area contributed by atoms with Gasteiger partial charge in [-0.25, -0.2) is 4.99 Å². The summed E-state index contributed by atoms with van der Waals surface area (Å²) in [5, 5.41) is 18.9. The first-order valence-corrected chi connectivity index (χ1v) is 10.5. The summed E-state index contributed by atoms with van der Waals surface area (Å²) in [6.45, 7) is 10.8. The summed E-state index contributed by atoms with van der Waals surface area (Å²) in [6.07, 6.45) is 3.24. The molecule has 0 spiro atoms. The molecule has 1 aromatic rings. The summed E-state index contributed by atoms with van der Waals surface area (Å²) in [4.78, 5) is 16.4. The number of nitrogens with one attached hydrogen (secondary N) is 3. The van der Waals surface area contributed by atoms with Gasteiger partial charge in [0.2, 0.25) is 5.91 Å². The minimum atomic E-state index is 0. The highest BCUT2D eigenvalue weighted by Gasteiger charge is 2.11. The van der Waals surface area contributed by atoms with Crippen LogP contribution >= 0.6 is 24.0 Å². The predicted octanol–water partition coefficient (Wildman–Crippen LogP) is 4.14. The molecule has 4 N–H and O–H groups in total. The van der Waals surface area contributed by atoms with E-state index >= 15 is 0 Å². The maximum Gasteiger partial charge on any atom is 0.224 e. The van der Waals surface area contributed by atoms with Crippen LogP contribution in [0.2, 0.25) is 0 Å². The quantitative estimate of drug-likeness (QED) is 0.190. The number of hydrogen-bond acceptors (Lipinski definition) is 3. The van der Waals surface area contributed by atoms with E-state index in [9.17, 15) is 9.90 Å². The van der Waals surface area contributed by atoms with E-state index in [0.29, 0.717) is 24.8 Å². The van der Waals surface area contributed by atoms with Crippen LogP contribution in [0.25, 0.3) is 0 Å². The summed E-state index contributed by atoms with van der Waals surface area (Å²) in [7, 11) is 0. The average molecular weight is 518 g/mol. The van der Waals surface area contributed by atoms with Crippen molar-refractivity contribution in [3.63, 3.8) is 0 Å². The molecular weight excluding hydrogens is 479 g/mol. The van der Waals surface area contributed by atoms with Crippen LogP contribution in [-0.4, -0.2) is 36.7 Å². The Morgan fingerprint density at radius 1 is 1.21 bits per heavy atom. The zero-order valence-corrected chi connectivity index (χ0v) is 20.7. The van der Waals surface area contributed by atoms with Crippen molar-refractivity contribution in [3.8, 4) is 0 Å². The van der Waals surface area contributed by atoms with Crippen LogP contribution in [0, 0.1) is 11.8 Å². The van der Waals surface area contributed by atoms with Gasteiger partial charge in [0.25, 0.3) is 0 Å². The van der Waals surface area contributed by atoms with Crippen molar-refractivity contribution < 1.29 is 9.90 Å². The molecule has 0 aliphatic carbocycles. The van der Waals surface area contributed by atoms with Crippen molar-refractivity contribution >= 4 is 41.5 Å². The third-order valence-corrected chi connectivity index (χ3v) is 4.35. The van der Waals surface area contributed by atoms with E-state index in [1.165, 1.54) is 0 Å². The molecule has 0 aromatic heterocycles. The SMILES string of the molecule is CCCC(=O)Nc1cccc(CN=C(NCC)NCC(CCO)CC(C)C)c1.I. The van der Waals surface area contributed by atoms with Crippen LogP contribution in [0.1, 0.15) is 58.9 Å². The fourth-order valence-electron chi connectivity index (χ4n) is 3.10. The van der Waals surface area contributed by atoms with Crippen LogP contribution in [0.5, 0.6) is 0 Å². The summed E-state index contributed by atoms with van der Waals surface area (Å²) in [5.41, 5.74) is 1.85. The lowest BCUT2D eigenvalue weighted by molar-refractivity contribution is -0.116. The number of guanidine groups is 1. The van der Waals surface area contributed by atoms with Crippen LogP contribution in [0.4, 0.5) is 5.69 Å². The second kappa shape index (κ2) is 16.4. The molecule has 0 aliphatic heterocycles. The van der Waals surface area contributed by atoms with Crippen LogP contribution < -0.4 is 16.0 Å². The number of halogens is 1. The number of hydrogen-bond donors (Lipinski definition) is 4. The molecule has 0 bridgehead atoms. The van der Waals surface area contributed by atoms with Crippen molar-refractivity contribution in [1.82, 2.24) is 10.6 Å². The van der Waals surface area contributed by atoms with Crippen molar-refractivity contribution in [2.24, 2.45) is 16.8 Å². The highest BCUT2D eigenvalue weighted by atomic mass is 127. The summed E-state index contributed by atoms with van der Waals surface area (Å²) >= 11 is 0. The monoisotopic (exact) mass is 518 g/mol. The molecule has 0 saturated heterocycles. The topological polar surface area (TPSA) is 85.8 Å². The smallest absolute Gasteiger partial charge is 0.224 e. The highest BCUT2D eigenvalue weighted by molar-refractivity contribution is 14.0. The van der Waals surface area contributed by atoms with Gasteiger partial charge in [-0.15, -0.1) is 24.0 Å². The maximum absolute atomic E-state index is 11.8. The van der Waals surface area contributed by atoms with Gasteiger partial charge in [0, 0.05) is 31.8 Å². The Morgan fingerprint density at radius 2 is 1.97 bits per heavy atom. The molecule has 7 heteroatoms. The van der Waals surface area contributed by atoms with E-state index in [0.717, 1.165) is 49.6 Å². The zero-order chi connectivity index (χ0) is 20.8. The molecule has 0 saturated carbocycles. The van der Waals surface area contributed by atoms with Crippen molar-refractivity contribution in [1.29, 1.82) is 0 Å². The highest BCUT2D eigenvalue weighted by Crippen LogP contribution is 2.14. The number of nitrogens with zero attached hydrogens (tertiary/aromatic N) is 1. The molecule has 0 fully saturated rings. The molecule has 1 aromatic carbocycles. The molecular formula is C22H39IN4O2. The minimum absolute atomic E-state index is 0. The molecule has 1 unspecified atom stereocenters. The third kappa shape index (κ3) is 12.7. The number of aliphatic hydroxyl groups is 1. The first-order valence-electron chi connectivity index (χ1n) is 10.5. The summed E-state index contributed by atoms with van der Waals surface area (Å²) in [5.74, 6) is 1.84. The average Bonchev–Trinajstić information content (AvgIpc) is 2.64. The fourth-order valence-corrected chi connectivity index (χ4v) is 3.10. The lowest BCUT2D eigenvalue weighted by atomic mass is 9.94. The Kier molecular flexibility index (Phi) is 15.7. The number of carbonyl (C=O) groups is 1. The largest absolute Gasteiger partial charge is 0.396 e. The number of aliphatic imine (C=N–C) groups is 1. The van der Waals surface area contributed by atoms with Gasteiger partial charge in [0.15, 0.2) is 5.96 Å². The molecule has 1 rings (SSSR count). The first-order chi connectivity index (χ1) is 13.5. The summed E-state index contributed by atoms with van der Waals surface area (Å²) in [6, 6.07) is 7.81. The molecule has 0 radical (unpaired) electrons. The first kappa shape index (κ1) is 27.6. The maximum atomic E-state index is 11.8. The molecule has 6 nitrogen and oxygen atoms in total. The molecule has 0 aliphatic rings. The van der Waals surface area contributed by atoms with Gasteiger partial charge in [-0.2, -0.15) is 0 Å². The molecule has 0 heterocycles. The Bertz CT molecular complexity index is 608. The van der Waals surface area contributed by atoms with Gasteiger partial charge < -0.3 is 21.1 Å². The van der Waals surface area contributed by atoms with Gasteiger partial charge in [-0.05, 0) is 55.7 Å². The lowest BCUT2D eigenvalue weighted by Crippen LogP contribution is -2.40.